The Kier molecular flexibility index (Phi) is 6.73. The molecule has 1 amide bonds. The second-order valence-electron chi connectivity index (χ2n) is 8.65. The fraction of sp³-hybridized carbons (Fsp3) is 0.346. The summed E-state index contributed by atoms with van der Waals surface area (Å²) in [6.45, 7) is 3.73. The van der Waals surface area contributed by atoms with E-state index in [1.165, 1.54) is 12.0 Å². The van der Waals surface area contributed by atoms with Crippen molar-refractivity contribution in [1.29, 1.82) is 0 Å². The zero-order valence-corrected chi connectivity index (χ0v) is 20.8. The molecule has 0 aliphatic carbocycles. The summed E-state index contributed by atoms with van der Waals surface area (Å²) in [6.07, 6.45) is 0. The van der Waals surface area contributed by atoms with E-state index in [1.807, 2.05) is 24.3 Å². The number of morpholine rings is 1. The third kappa shape index (κ3) is 4.51. The van der Waals surface area contributed by atoms with Gasteiger partial charge < -0.3 is 18.8 Å². The fourth-order valence-corrected chi connectivity index (χ4v) is 5.25. The molecule has 0 bridgehead atoms. The lowest BCUT2D eigenvalue weighted by Gasteiger charge is -2.31. The number of benzene rings is 2. The van der Waals surface area contributed by atoms with Gasteiger partial charge in [0.05, 0.1) is 26.4 Å². The molecule has 2 aliphatic heterocycles. The maximum absolute atomic E-state index is 13.7. The monoisotopic (exact) mass is 540 g/mol. The van der Waals surface area contributed by atoms with Crippen molar-refractivity contribution in [2.24, 2.45) is 5.92 Å². The van der Waals surface area contributed by atoms with Crippen molar-refractivity contribution in [2.75, 3.05) is 46.5 Å². The summed E-state index contributed by atoms with van der Waals surface area (Å²) in [5.74, 6) is -2.55. The van der Waals surface area contributed by atoms with Crippen LogP contribution in [0.4, 0.5) is 0 Å². The van der Waals surface area contributed by atoms with Crippen LogP contribution in [0.25, 0.3) is 11.0 Å². The largest absolute Gasteiger partial charge is 0.493 e. The van der Waals surface area contributed by atoms with Gasteiger partial charge in [-0.3, -0.25) is 19.3 Å². The van der Waals surface area contributed by atoms with Gasteiger partial charge in [0, 0.05) is 36.0 Å². The fourth-order valence-electron chi connectivity index (χ4n) is 4.84. The van der Waals surface area contributed by atoms with Gasteiger partial charge in [0.1, 0.15) is 5.92 Å². The molecule has 0 spiro atoms. The maximum atomic E-state index is 13.7. The Hall–Kier alpha value is -3.01. The molecular weight excluding hydrogens is 516 g/mol. The third-order valence-electron chi connectivity index (χ3n) is 6.61. The lowest BCUT2D eigenvalue weighted by molar-refractivity contribution is -0.141. The van der Waals surface area contributed by atoms with Crippen LogP contribution in [0.3, 0.4) is 0 Å². The average molecular weight is 541 g/mol. The van der Waals surface area contributed by atoms with Crippen LogP contribution in [0.5, 0.6) is 5.75 Å². The van der Waals surface area contributed by atoms with Crippen molar-refractivity contribution < 1.29 is 28.3 Å². The molecule has 9 heteroatoms. The summed E-state index contributed by atoms with van der Waals surface area (Å²) in [5, 5.41) is 0.688. The molecule has 2 fully saturated rings. The quantitative estimate of drug-likeness (QED) is 0.257. The van der Waals surface area contributed by atoms with Gasteiger partial charge in [0.25, 0.3) is 5.91 Å². The summed E-state index contributed by atoms with van der Waals surface area (Å²) in [6, 6.07) is 13.6. The van der Waals surface area contributed by atoms with E-state index in [-0.39, 0.29) is 5.76 Å². The summed E-state index contributed by atoms with van der Waals surface area (Å²) >= 11 is 3.47. The number of furan rings is 1. The van der Waals surface area contributed by atoms with Gasteiger partial charge in [0.2, 0.25) is 11.6 Å². The molecule has 3 aromatic rings. The lowest BCUT2D eigenvalue weighted by Crippen LogP contribution is -2.42. The van der Waals surface area contributed by atoms with E-state index in [9.17, 15) is 14.4 Å². The molecule has 2 unspecified atom stereocenters. The molecule has 2 aromatic carbocycles. The van der Waals surface area contributed by atoms with Crippen molar-refractivity contribution in [3.8, 4) is 5.75 Å². The Bertz CT molecular complexity index is 1280. The smallest absolute Gasteiger partial charge is 0.291 e. The highest BCUT2D eigenvalue weighted by Crippen LogP contribution is 2.40. The number of para-hydroxylation sites is 1. The number of amides is 1. The number of halogens is 1. The first kappa shape index (κ1) is 23.7. The van der Waals surface area contributed by atoms with Gasteiger partial charge in [-0.1, -0.05) is 40.2 Å². The zero-order chi connectivity index (χ0) is 24.5. The number of carbonyl (C=O) groups excluding carboxylic acids is 3. The number of nitrogens with zero attached hydrogens (tertiary/aromatic N) is 2. The van der Waals surface area contributed by atoms with Crippen LogP contribution in [-0.4, -0.2) is 73.8 Å². The number of ether oxygens (including phenoxy) is 2. The number of carbonyl (C=O) groups is 3. The molecule has 1 aromatic heterocycles. The molecule has 0 radical (unpaired) electrons. The van der Waals surface area contributed by atoms with E-state index < -0.39 is 29.4 Å². The molecule has 8 nitrogen and oxygen atoms in total. The van der Waals surface area contributed by atoms with E-state index in [4.69, 9.17) is 13.9 Å². The number of fused-ring (bicyclic) bond motifs is 1. The molecular formula is C26H25BrN2O6. The van der Waals surface area contributed by atoms with Crippen LogP contribution in [0, 0.1) is 5.92 Å². The molecule has 0 N–H and O–H groups in total. The Morgan fingerprint density at radius 1 is 1.09 bits per heavy atom. The number of ketones is 2. The first-order valence-corrected chi connectivity index (χ1v) is 12.3. The number of hydrogen-bond donors (Lipinski definition) is 0. The minimum absolute atomic E-state index is 0.0330. The van der Waals surface area contributed by atoms with Crippen molar-refractivity contribution in [3.63, 3.8) is 0 Å². The maximum Gasteiger partial charge on any atom is 0.291 e. The minimum Gasteiger partial charge on any atom is -0.493 e. The van der Waals surface area contributed by atoms with Crippen molar-refractivity contribution >= 4 is 44.4 Å². The van der Waals surface area contributed by atoms with E-state index in [0.717, 1.165) is 17.6 Å². The predicted octanol–water partition coefficient (Wildman–Crippen LogP) is 3.49. The number of methoxy groups -OCH3 is 1. The summed E-state index contributed by atoms with van der Waals surface area (Å²) in [4.78, 5) is 43.9. The van der Waals surface area contributed by atoms with Crippen LogP contribution in [0.1, 0.15) is 22.2 Å². The number of Topliss-reactive ketones (excluding diaryl/α,β-unsaturated/α-hetero) is 2. The van der Waals surface area contributed by atoms with Gasteiger partial charge in [0.15, 0.2) is 17.1 Å². The molecule has 5 rings (SSSR count). The molecule has 0 saturated carbocycles. The molecule has 3 heterocycles. The molecule has 182 valence electrons. The van der Waals surface area contributed by atoms with Crippen molar-refractivity contribution in [2.45, 2.75) is 6.04 Å². The highest BCUT2D eigenvalue weighted by molar-refractivity contribution is 9.10. The lowest BCUT2D eigenvalue weighted by atomic mass is 9.88. The number of hydrogen-bond acceptors (Lipinski definition) is 7. The van der Waals surface area contributed by atoms with E-state index in [2.05, 4.69) is 20.8 Å². The van der Waals surface area contributed by atoms with E-state index in [0.29, 0.717) is 48.6 Å². The number of likely N-dealkylation sites (tertiary alicyclic amines) is 1. The third-order valence-corrected chi connectivity index (χ3v) is 7.10. The second kappa shape index (κ2) is 9.93. The Morgan fingerprint density at radius 3 is 2.60 bits per heavy atom. The van der Waals surface area contributed by atoms with Gasteiger partial charge in [-0.2, -0.15) is 0 Å². The Balaban J connectivity index is 1.51. The van der Waals surface area contributed by atoms with Gasteiger partial charge in [-0.05, 0) is 29.8 Å². The molecule has 2 saturated heterocycles. The highest BCUT2D eigenvalue weighted by Gasteiger charge is 2.52. The van der Waals surface area contributed by atoms with Crippen molar-refractivity contribution in [3.05, 3.63) is 64.3 Å². The second-order valence-corrected chi connectivity index (χ2v) is 9.56. The first-order valence-electron chi connectivity index (χ1n) is 11.5. The van der Waals surface area contributed by atoms with E-state index in [1.54, 1.807) is 24.3 Å². The summed E-state index contributed by atoms with van der Waals surface area (Å²) < 4.78 is 17.4. The minimum atomic E-state index is -1.20. The van der Waals surface area contributed by atoms with Crippen molar-refractivity contribution in [1.82, 2.24) is 9.80 Å². The van der Waals surface area contributed by atoms with Gasteiger partial charge >= 0.3 is 0 Å². The van der Waals surface area contributed by atoms with Crippen LogP contribution in [-0.2, 0) is 14.3 Å². The van der Waals surface area contributed by atoms with Gasteiger partial charge in [-0.25, -0.2) is 0 Å². The topological polar surface area (TPSA) is 89.3 Å². The van der Waals surface area contributed by atoms with Gasteiger partial charge in [-0.15, -0.1) is 0 Å². The predicted molar refractivity (Wildman–Crippen MR) is 131 cm³/mol. The highest BCUT2D eigenvalue weighted by atomic mass is 79.9. The zero-order valence-electron chi connectivity index (χ0n) is 19.2. The molecule has 35 heavy (non-hydrogen) atoms. The normalized spacial score (nSPS) is 21.1. The summed E-state index contributed by atoms with van der Waals surface area (Å²) in [7, 11) is 1.52. The average Bonchev–Trinajstić information content (AvgIpc) is 3.42. The SMILES string of the molecule is COc1cccc2cc(C(=O)C3C(=O)C(=O)N(CCN4CCOCC4)C3c3cccc(Br)c3)oc12. The summed E-state index contributed by atoms with van der Waals surface area (Å²) in [5.41, 5.74) is 1.14. The number of rotatable bonds is 7. The standard InChI is InChI=1S/C26H25BrN2O6/c1-33-19-7-3-5-17-15-20(35-25(17)19)23(30)21-22(16-4-2-6-18(27)14-16)29(26(32)24(21)31)9-8-28-10-12-34-13-11-28/h2-7,14-15,21-22H,8-13H2,1H3. The molecule has 2 atom stereocenters. The Morgan fingerprint density at radius 2 is 1.86 bits per heavy atom. The molecule has 2 aliphatic rings. The first-order chi connectivity index (χ1) is 17.0. The van der Waals surface area contributed by atoms with Crippen LogP contribution < -0.4 is 4.74 Å². The van der Waals surface area contributed by atoms with Crippen LogP contribution in [0.2, 0.25) is 0 Å². The van der Waals surface area contributed by atoms with Crippen LogP contribution in [0.15, 0.2) is 57.4 Å². The van der Waals surface area contributed by atoms with E-state index >= 15 is 0 Å². The Labute approximate surface area is 210 Å². The van der Waals surface area contributed by atoms with Crippen LogP contribution >= 0.6 is 15.9 Å².